The summed E-state index contributed by atoms with van der Waals surface area (Å²) in [6, 6.07) is 9.44. The largest absolute Gasteiger partial charge is 0.493 e. The summed E-state index contributed by atoms with van der Waals surface area (Å²) in [5.41, 5.74) is 3.38. The number of aryl methyl sites for hydroxylation is 2. The van der Waals surface area contributed by atoms with Crippen LogP contribution in [0.2, 0.25) is 0 Å². The monoisotopic (exact) mass is 447 g/mol. The van der Waals surface area contributed by atoms with Crippen LogP contribution in [0.4, 0.5) is 5.82 Å². The molecule has 10 heteroatoms. The van der Waals surface area contributed by atoms with E-state index in [0.29, 0.717) is 41.0 Å². The Bertz CT molecular complexity index is 1370. The molecule has 5 rings (SSSR count). The van der Waals surface area contributed by atoms with Crippen LogP contribution < -0.4 is 14.8 Å². The number of amides is 1. The second-order valence-corrected chi connectivity index (χ2v) is 8.35. The number of fused-ring (bicyclic) bond motifs is 2. The van der Waals surface area contributed by atoms with Crippen LogP contribution in [0.3, 0.4) is 0 Å². The zero-order valence-electron chi connectivity index (χ0n) is 19.2. The molecule has 4 aromatic rings. The molecule has 170 valence electrons. The summed E-state index contributed by atoms with van der Waals surface area (Å²) in [5, 5.41) is 20.5. The van der Waals surface area contributed by atoms with E-state index < -0.39 is 0 Å². The van der Waals surface area contributed by atoms with Crippen molar-refractivity contribution in [3.63, 3.8) is 0 Å². The first-order valence-electron chi connectivity index (χ1n) is 10.8. The first kappa shape index (κ1) is 20.9. The average Bonchev–Trinajstić information content (AvgIpc) is 3.32. The van der Waals surface area contributed by atoms with Crippen molar-refractivity contribution in [2.45, 2.75) is 46.1 Å². The Morgan fingerprint density at radius 1 is 1.09 bits per heavy atom. The molecule has 10 nitrogen and oxygen atoms in total. The fraction of sp³-hybridized carbons (Fsp3) is 0.348. The van der Waals surface area contributed by atoms with Gasteiger partial charge in [-0.05, 0) is 57.5 Å². The number of nitrogens with zero attached hydrogens (tertiary/aromatic N) is 6. The van der Waals surface area contributed by atoms with Gasteiger partial charge in [-0.3, -0.25) is 4.79 Å². The van der Waals surface area contributed by atoms with Gasteiger partial charge in [0.25, 0.3) is 0 Å². The first-order chi connectivity index (χ1) is 15.9. The molecule has 1 amide bonds. The Balaban J connectivity index is 1.62. The van der Waals surface area contributed by atoms with E-state index in [1.807, 2.05) is 58.0 Å². The van der Waals surface area contributed by atoms with Crippen LogP contribution in [0.25, 0.3) is 11.5 Å². The highest BCUT2D eigenvalue weighted by molar-refractivity contribution is 5.95. The zero-order valence-corrected chi connectivity index (χ0v) is 19.2. The normalized spacial score (nSPS) is 15.6. The summed E-state index contributed by atoms with van der Waals surface area (Å²) in [6.45, 7) is 7.71. The number of aromatic nitrogens is 6. The molecular weight excluding hydrogens is 422 g/mol. The minimum atomic E-state index is -0.178. The summed E-state index contributed by atoms with van der Waals surface area (Å²) in [5.74, 6) is 2.89. The molecule has 0 radical (unpaired) electrons. The molecule has 1 aliphatic rings. The molecule has 0 saturated carbocycles. The highest BCUT2D eigenvalue weighted by atomic mass is 16.5. The molecule has 3 aromatic heterocycles. The fourth-order valence-corrected chi connectivity index (χ4v) is 4.25. The number of anilines is 1. The molecule has 0 saturated heterocycles. The Hall–Kier alpha value is -3.95. The molecule has 0 aliphatic carbocycles. The smallest absolute Gasteiger partial charge is 0.226 e. The second-order valence-electron chi connectivity index (χ2n) is 8.35. The van der Waals surface area contributed by atoms with E-state index in [2.05, 4.69) is 20.6 Å². The molecule has 0 spiro atoms. The highest BCUT2D eigenvalue weighted by Crippen LogP contribution is 2.42. The number of nitrogens with one attached hydrogen (secondary N) is 1. The van der Waals surface area contributed by atoms with Gasteiger partial charge in [-0.25, -0.2) is 0 Å². The van der Waals surface area contributed by atoms with Crippen LogP contribution in [0.1, 0.15) is 48.8 Å². The van der Waals surface area contributed by atoms with E-state index in [0.717, 1.165) is 16.8 Å². The van der Waals surface area contributed by atoms with Crippen molar-refractivity contribution in [2.24, 2.45) is 0 Å². The Morgan fingerprint density at radius 2 is 1.91 bits per heavy atom. The number of rotatable bonds is 5. The maximum Gasteiger partial charge on any atom is 0.226 e. The van der Waals surface area contributed by atoms with E-state index in [9.17, 15) is 4.79 Å². The van der Waals surface area contributed by atoms with Gasteiger partial charge in [0.2, 0.25) is 5.91 Å². The van der Waals surface area contributed by atoms with Crippen LogP contribution in [-0.4, -0.2) is 48.7 Å². The van der Waals surface area contributed by atoms with Crippen molar-refractivity contribution in [1.82, 2.24) is 29.6 Å². The van der Waals surface area contributed by atoms with Gasteiger partial charge in [0.05, 0.1) is 18.9 Å². The molecule has 1 aromatic carbocycles. The van der Waals surface area contributed by atoms with E-state index in [1.54, 1.807) is 16.3 Å². The molecule has 4 heterocycles. The number of hydrogen-bond donors (Lipinski definition) is 1. The lowest BCUT2D eigenvalue weighted by Gasteiger charge is -2.25. The van der Waals surface area contributed by atoms with Gasteiger partial charge in [-0.1, -0.05) is 6.07 Å². The van der Waals surface area contributed by atoms with Crippen LogP contribution in [0, 0.1) is 13.8 Å². The number of carbonyl (C=O) groups excluding carboxylic acids is 1. The minimum Gasteiger partial charge on any atom is -0.493 e. The molecule has 33 heavy (non-hydrogen) atoms. The Morgan fingerprint density at radius 3 is 2.67 bits per heavy atom. The molecule has 1 unspecified atom stereocenters. The maximum absolute atomic E-state index is 12.8. The van der Waals surface area contributed by atoms with Crippen molar-refractivity contribution >= 4 is 17.4 Å². The quantitative estimate of drug-likeness (QED) is 0.500. The third-order valence-corrected chi connectivity index (χ3v) is 5.68. The maximum atomic E-state index is 12.8. The summed E-state index contributed by atoms with van der Waals surface area (Å²) >= 11 is 0. The fourth-order valence-electron chi connectivity index (χ4n) is 4.25. The van der Waals surface area contributed by atoms with Gasteiger partial charge in [0.1, 0.15) is 5.82 Å². The molecule has 1 N–H and O–H groups in total. The molecule has 1 aliphatic heterocycles. The zero-order chi connectivity index (χ0) is 23.3. The first-order valence-corrected chi connectivity index (χ1v) is 10.8. The van der Waals surface area contributed by atoms with E-state index in [1.165, 1.54) is 0 Å². The number of carbonyl (C=O) groups is 1. The second kappa shape index (κ2) is 7.88. The summed E-state index contributed by atoms with van der Waals surface area (Å²) in [4.78, 5) is 12.8. The topological polar surface area (TPSA) is 108 Å². The van der Waals surface area contributed by atoms with Gasteiger partial charge in [0, 0.05) is 17.9 Å². The van der Waals surface area contributed by atoms with Crippen LogP contribution in [-0.2, 0) is 4.79 Å². The van der Waals surface area contributed by atoms with Crippen LogP contribution >= 0.6 is 0 Å². The van der Waals surface area contributed by atoms with Gasteiger partial charge >= 0.3 is 0 Å². The standard InChI is InChI=1S/C23H25N7O3/c1-12(2)33-18-10-15(6-7-17(18)32-5)16-11-21(31)24-23-22(16)13(3)27-30(23)20-9-8-19-26-25-14(4)29(19)28-20/h6-10,12,16H,11H2,1-5H3,(H,24,31). The van der Waals surface area contributed by atoms with Gasteiger partial charge < -0.3 is 14.8 Å². The highest BCUT2D eigenvalue weighted by Gasteiger charge is 2.33. The lowest BCUT2D eigenvalue weighted by molar-refractivity contribution is -0.116. The molecule has 0 fully saturated rings. The number of ether oxygens (including phenoxy) is 2. The predicted molar refractivity (Wildman–Crippen MR) is 121 cm³/mol. The lowest BCUT2D eigenvalue weighted by atomic mass is 9.85. The number of hydrogen-bond acceptors (Lipinski definition) is 7. The van der Waals surface area contributed by atoms with E-state index >= 15 is 0 Å². The van der Waals surface area contributed by atoms with Crippen molar-refractivity contribution in [3.05, 3.63) is 53.0 Å². The average molecular weight is 447 g/mol. The lowest BCUT2D eigenvalue weighted by Crippen LogP contribution is -2.25. The Labute approximate surface area is 190 Å². The summed E-state index contributed by atoms with van der Waals surface area (Å²) in [7, 11) is 1.61. The minimum absolute atomic E-state index is 0.00836. The van der Waals surface area contributed by atoms with E-state index in [-0.39, 0.29) is 17.9 Å². The van der Waals surface area contributed by atoms with Crippen molar-refractivity contribution < 1.29 is 14.3 Å². The molecular formula is C23H25N7O3. The van der Waals surface area contributed by atoms with Crippen molar-refractivity contribution in [1.29, 1.82) is 0 Å². The summed E-state index contributed by atoms with van der Waals surface area (Å²) in [6.07, 6.45) is 0.301. The SMILES string of the molecule is COc1ccc(C2CC(=O)Nc3c2c(C)nn3-c2ccc3nnc(C)n3n2)cc1OC(C)C. The number of methoxy groups -OCH3 is 1. The van der Waals surface area contributed by atoms with E-state index in [4.69, 9.17) is 14.6 Å². The third-order valence-electron chi connectivity index (χ3n) is 5.68. The number of benzene rings is 1. The van der Waals surface area contributed by atoms with Crippen molar-refractivity contribution in [2.75, 3.05) is 12.4 Å². The van der Waals surface area contributed by atoms with Gasteiger partial charge in [-0.15, -0.1) is 15.3 Å². The van der Waals surface area contributed by atoms with Crippen molar-refractivity contribution in [3.8, 4) is 17.3 Å². The predicted octanol–water partition coefficient (Wildman–Crippen LogP) is 3.20. The van der Waals surface area contributed by atoms with Crippen LogP contribution in [0.15, 0.2) is 30.3 Å². The van der Waals surface area contributed by atoms with Gasteiger partial charge in [0.15, 0.2) is 28.8 Å². The summed E-state index contributed by atoms with van der Waals surface area (Å²) < 4.78 is 14.7. The molecule has 0 bridgehead atoms. The third kappa shape index (κ3) is 3.57. The van der Waals surface area contributed by atoms with Crippen LogP contribution in [0.5, 0.6) is 11.5 Å². The molecule has 1 atom stereocenters. The Kier molecular flexibility index (Phi) is 4.99. The van der Waals surface area contributed by atoms with Gasteiger partial charge in [-0.2, -0.15) is 14.3 Å².